The van der Waals surface area contributed by atoms with E-state index in [0.29, 0.717) is 0 Å². The predicted molar refractivity (Wildman–Crippen MR) is 71.1 cm³/mol. The van der Waals surface area contributed by atoms with Crippen molar-refractivity contribution in [1.29, 1.82) is 0 Å². The van der Waals surface area contributed by atoms with Crippen LogP contribution in [0.25, 0.3) is 0 Å². The van der Waals surface area contributed by atoms with Gasteiger partial charge in [-0.2, -0.15) is 0 Å². The molecule has 0 bridgehead atoms. The first-order valence-electron chi connectivity index (χ1n) is 6.95. The quantitative estimate of drug-likeness (QED) is 0.465. The van der Waals surface area contributed by atoms with Gasteiger partial charge in [-0.05, 0) is 23.7 Å². The Morgan fingerprint density at radius 2 is 1.20 bits per heavy atom. The summed E-state index contributed by atoms with van der Waals surface area (Å²) >= 11 is 0. The van der Waals surface area contributed by atoms with Crippen molar-refractivity contribution in [2.24, 2.45) is 23.7 Å². The topological polar surface area (TPSA) is 0 Å². The molecule has 0 nitrogen and oxygen atoms in total. The highest BCUT2D eigenvalue weighted by Gasteiger charge is 2.14. The Balaban J connectivity index is 3.42. The molecule has 0 amide bonds. The Labute approximate surface area is 97.8 Å². The molecule has 0 saturated heterocycles. The number of hydrogen-bond donors (Lipinski definition) is 0. The van der Waals surface area contributed by atoms with Crippen molar-refractivity contribution in [2.45, 2.75) is 73.6 Å². The molecule has 0 N–H and O–H groups in total. The van der Waals surface area contributed by atoms with Gasteiger partial charge in [0.1, 0.15) is 0 Å². The van der Waals surface area contributed by atoms with Crippen LogP contribution in [0.15, 0.2) is 0 Å². The molecule has 92 valence electrons. The van der Waals surface area contributed by atoms with Gasteiger partial charge in [-0.25, -0.2) is 0 Å². The molecule has 0 aliphatic rings. The molecular formula is C15H32. The van der Waals surface area contributed by atoms with E-state index in [2.05, 4.69) is 41.5 Å². The highest BCUT2D eigenvalue weighted by molar-refractivity contribution is 4.65. The summed E-state index contributed by atoms with van der Waals surface area (Å²) in [5, 5.41) is 0. The zero-order valence-corrected chi connectivity index (χ0v) is 11.8. The Morgan fingerprint density at radius 1 is 0.667 bits per heavy atom. The highest BCUT2D eigenvalue weighted by Crippen LogP contribution is 2.25. The minimum atomic E-state index is 0.843. The fraction of sp³-hybridized carbons (Fsp3) is 1.00. The molecule has 0 radical (unpaired) electrons. The van der Waals surface area contributed by atoms with Gasteiger partial charge in [0.05, 0.1) is 0 Å². The third-order valence-corrected chi connectivity index (χ3v) is 3.89. The van der Waals surface area contributed by atoms with E-state index >= 15 is 0 Å². The van der Waals surface area contributed by atoms with Crippen LogP contribution < -0.4 is 0 Å². The molecule has 0 rings (SSSR count). The first-order valence-corrected chi connectivity index (χ1v) is 6.95. The normalized spacial score (nSPS) is 16.0. The maximum Gasteiger partial charge on any atom is -0.0394 e. The second kappa shape index (κ2) is 8.19. The van der Waals surface area contributed by atoms with E-state index in [1.54, 1.807) is 0 Å². The minimum absolute atomic E-state index is 0.843. The van der Waals surface area contributed by atoms with Gasteiger partial charge < -0.3 is 0 Å². The van der Waals surface area contributed by atoms with Crippen LogP contribution in [0.4, 0.5) is 0 Å². The summed E-state index contributed by atoms with van der Waals surface area (Å²) in [6.45, 7) is 14.2. The molecule has 0 heteroatoms. The van der Waals surface area contributed by atoms with Crippen molar-refractivity contribution < 1.29 is 0 Å². The van der Waals surface area contributed by atoms with Crippen LogP contribution in [0.2, 0.25) is 0 Å². The minimum Gasteiger partial charge on any atom is -0.0628 e. The third-order valence-electron chi connectivity index (χ3n) is 3.89. The molecule has 0 fully saturated rings. The van der Waals surface area contributed by atoms with Gasteiger partial charge in [-0.1, -0.05) is 73.6 Å². The molecule has 0 aromatic heterocycles. The van der Waals surface area contributed by atoms with E-state index in [1.807, 2.05) is 0 Å². The number of unbranched alkanes of at least 4 members (excludes halogenated alkanes) is 2. The summed E-state index contributed by atoms with van der Waals surface area (Å²) in [4.78, 5) is 0. The summed E-state index contributed by atoms with van der Waals surface area (Å²) in [6.07, 6.45) is 7.14. The molecule has 0 spiro atoms. The molecular weight excluding hydrogens is 180 g/mol. The maximum atomic E-state index is 2.42. The molecule has 15 heavy (non-hydrogen) atoms. The van der Waals surface area contributed by atoms with Crippen LogP contribution in [0.5, 0.6) is 0 Å². The van der Waals surface area contributed by atoms with Crippen molar-refractivity contribution in [2.75, 3.05) is 0 Å². The van der Waals surface area contributed by atoms with E-state index in [4.69, 9.17) is 0 Å². The van der Waals surface area contributed by atoms with Crippen LogP contribution in [0, 0.1) is 23.7 Å². The van der Waals surface area contributed by atoms with Crippen molar-refractivity contribution in [3.8, 4) is 0 Å². The summed E-state index contributed by atoms with van der Waals surface area (Å²) in [7, 11) is 0. The second-order valence-corrected chi connectivity index (χ2v) is 6.11. The van der Waals surface area contributed by atoms with Crippen molar-refractivity contribution in [3.05, 3.63) is 0 Å². The van der Waals surface area contributed by atoms with Gasteiger partial charge in [0.2, 0.25) is 0 Å². The lowest BCUT2D eigenvalue weighted by Gasteiger charge is -2.23. The van der Waals surface area contributed by atoms with Crippen LogP contribution in [0.3, 0.4) is 0 Å². The SMILES string of the molecule is CC(C)CCCCCC(C)C(C)C(C)C. The van der Waals surface area contributed by atoms with Crippen LogP contribution in [0.1, 0.15) is 73.6 Å². The third kappa shape index (κ3) is 7.88. The highest BCUT2D eigenvalue weighted by atomic mass is 14.2. The van der Waals surface area contributed by atoms with Gasteiger partial charge in [-0.15, -0.1) is 0 Å². The molecule has 0 aromatic carbocycles. The number of rotatable bonds is 8. The van der Waals surface area contributed by atoms with Crippen LogP contribution >= 0.6 is 0 Å². The monoisotopic (exact) mass is 212 g/mol. The molecule has 0 aliphatic heterocycles. The van der Waals surface area contributed by atoms with E-state index in [9.17, 15) is 0 Å². The summed E-state index contributed by atoms with van der Waals surface area (Å²) in [5.41, 5.74) is 0. The van der Waals surface area contributed by atoms with E-state index < -0.39 is 0 Å². The second-order valence-electron chi connectivity index (χ2n) is 6.11. The zero-order chi connectivity index (χ0) is 11.8. The molecule has 0 aromatic rings. The Hall–Kier alpha value is 0. The van der Waals surface area contributed by atoms with Crippen LogP contribution in [-0.2, 0) is 0 Å². The first kappa shape index (κ1) is 15.0. The van der Waals surface area contributed by atoms with Crippen molar-refractivity contribution >= 4 is 0 Å². The zero-order valence-electron chi connectivity index (χ0n) is 11.8. The largest absolute Gasteiger partial charge is 0.0628 e. The predicted octanol–water partition coefficient (Wildman–Crippen LogP) is 5.52. The van der Waals surface area contributed by atoms with Crippen molar-refractivity contribution in [1.82, 2.24) is 0 Å². The van der Waals surface area contributed by atoms with Crippen LogP contribution in [-0.4, -0.2) is 0 Å². The fourth-order valence-electron chi connectivity index (χ4n) is 2.12. The standard InChI is InChI=1S/C15H32/c1-12(2)10-8-7-9-11-14(5)15(6)13(3)4/h12-15H,7-11H2,1-6H3. The van der Waals surface area contributed by atoms with Gasteiger partial charge in [0, 0.05) is 0 Å². The van der Waals surface area contributed by atoms with E-state index in [-0.39, 0.29) is 0 Å². The summed E-state index contributed by atoms with van der Waals surface area (Å²) < 4.78 is 0. The van der Waals surface area contributed by atoms with Crippen molar-refractivity contribution in [3.63, 3.8) is 0 Å². The summed E-state index contributed by atoms with van der Waals surface area (Å²) in [5.74, 6) is 3.52. The molecule has 0 saturated carbocycles. The lowest BCUT2D eigenvalue weighted by Crippen LogP contribution is -2.14. The van der Waals surface area contributed by atoms with Gasteiger partial charge in [-0.3, -0.25) is 0 Å². The molecule has 2 unspecified atom stereocenters. The molecule has 0 heterocycles. The molecule has 0 aliphatic carbocycles. The Bertz CT molecular complexity index is 135. The lowest BCUT2D eigenvalue weighted by molar-refractivity contribution is 0.274. The molecule has 2 atom stereocenters. The first-order chi connectivity index (χ1) is 6.95. The fourth-order valence-corrected chi connectivity index (χ4v) is 2.12. The average molecular weight is 212 g/mol. The Morgan fingerprint density at radius 3 is 1.67 bits per heavy atom. The summed E-state index contributed by atoms with van der Waals surface area (Å²) in [6, 6.07) is 0. The Kier molecular flexibility index (Phi) is 8.19. The number of hydrogen-bond acceptors (Lipinski definition) is 0. The van der Waals surface area contributed by atoms with Gasteiger partial charge in [0.15, 0.2) is 0 Å². The van der Waals surface area contributed by atoms with E-state index in [0.717, 1.165) is 23.7 Å². The lowest BCUT2D eigenvalue weighted by atomic mass is 9.83. The average Bonchev–Trinajstić information content (AvgIpc) is 2.15. The van der Waals surface area contributed by atoms with E-state index in [1.165, 1.54) is 32.1 Å². The smallest absolute Gasteiger partial charge is 0.0394 e. The van der Waals surface area contributed by atoms with Gasteiger partial charge in [0.25, 0.3) is 0 Å². The maximum absolute atomic E-state index is 2.42. The van der Waals surface area contributed by atoms with Gasteiger partial charge >= 0.3 is 0 Å².